The number of benzene rings is 1. The van der Waals surface area contributed by atoms with Gasteiger partial charge in [-0.1, -0.05) is 13.8 Å². The van der Waals surface area contributed by atoms with Gasteiger partial charge in [0, 0.05) is 18.4 Å². The van der Waals surface area contributed by atoms with Crippen LogP contribution in [0, 0.1) is 17.2 Å². The average molecular weight is 301 g/mol. The predicted molar refractivity (Wildman–Crippen MR) is 83.2 cm³/mol. The van der Waals surface area contributed by atoms with E-state index in [0.29, 0.717) is 18.2 Å². The topological polar surface area (TPSA) is 102 Å². The number of carbonyl (C=O) groups is 2. The van der Waals surface area contributed by atoms with Crippen molar-refractivity contribution in [3.8, 4) is 6.07 Å². The Bertz CT molecular complexity index is 598. The molecule has 1 rings (SSSR count). The Morgan fingerprint density at radius 3 is 2.45 bits per heavy atom. The highest BCUT2D eigenvalue weighted by molar-refractivity contribution is 6.06. The summed E-state index contributed by atoms with van der Waals surface area (Å²) < 4.78 is 0. The number of rotatable bonds is 7. The molecule has 1 amide bonds. The molecule has 3 N–H and O–H groups in total. The Morgan fingerprint density at radius 1 is 1.32 bits per heavy atom. The minimum atomic E-state index is -1.04. The molecular weight excluding hydrogens is 282 g/mol. The summed E-state index contributed by atoms with van der Waals surface area (Å²) in [6, 6.07) is 7.55. The molecule has 0 bridgehead atoms. The van der Waals surface area contributed by atoms with E-state index in [-0.39, 0.29) is 11.1 Å². The normalized spacial score (nSPS) is 10.9. The van der Waals surface area contributed by atoms with Gasteiger partial charge in [-0.05, 0) is 36.6 Å². The van der Waals surface area contributed by atoms with Gasteiger partial charge in [0.1, 0.15) is 11.6 Å². The fourth-order valence-electron chi connectivity index (χ4n) is 1.59. The van der Waals surface area contributed by atoms with Crippen LogP contribution in [-0.2, 0) is 4.79 Å². The van der Waals surface area contributed by atoms with Gasteiger partial charge in [0.05, 0.1) is 5.56 Å². The number of amides is 1. The molecule has 0 fully saturated rings. The van der Waals surface area contributed by atoms with Crippen LogP contribution in [0.15, 0.2) is 36.0 Å². The van der Waals surface area contributed by atoms with Crippen molar-refractivity contribution in [1.82, 2.24) is 5.32 Å². The van der Waals surface area contributed by atoms with Crippen LogP contribution in [0.2, 0.25) is 0 Å². The molecule has 116 valence electrons. The third-order valence-corrected chi connectivity index (χ3v) is 2.87. The molecule has 1 aromatic carbocycles. The fraction of sp³-hybridized carbons (Fsp3) is 0.312. The van der Waals surface area contributed by atoms with Crippen molar-refractivity contribution in [3.05, 3.63) is 41.6 Å². The fourth-order valence-corrected chi connectivity index (χ4v) is 1.59. The molecule has 0 heterocycles. The van der Waals surface area contributed by atoms with Crippen LogP contribution in [0.5, 0.6) is 0 Å². The zero-order valence-electron chi connectivity index (χ0n) is 12.6. The van der Waals surface area contributed by atoms with Crippen molar-refractivity contribution in [3.63, 3.8) is 0 Å². The van der Waals surface area contributed by atoms with E-state index in [0.717, 1.165) is 6.42 Å². The third-order valence-electron chi connectivity index (χ3n) is 2.87. The van der Waals surface area contributed by atoms with Crippen molar-refractivity contribution >= 4 is 17.6 Å². The lowest BCUT2D eigenvalue weighted by Gasteiger charge is -2.06. The molecule has 0 aromatic heterocycles. The monoisotopic (exact) mass is 301 g/mol. The van der Waals surface area contributed by atoms with Crippen LogP contribution < -0.4 is 10.6 Å². The van der Waals surface area contributed by atoms with E-state index in [4.69, 9.17) is 10.4 Å². The van der Waals surface area contributed by atoms with Crippen molar-refractivity contribution in [2.75, 3.05) is 11.9 Å². The Kier molecular flexibility index (Phi) is 6.64. The summed E-state index contributed by atoms with van der Waals surface area (Å²) in [5, 5.41) is 23.3. The molecule has 0 aliphatic heterocycles. The zero-order chi connectivity index (χ0) is 16.5. The first-order valence-corrected chi connectivity index (χ1v) is 6.92. The number of carbonyl (C=O) groups excluding carboxylic acids is 1. The first kappa shape index (κ1) is 17.2. The number of carboxylic acid groups (broad SMARTS) is 1. The molecule has 0 spiro atoms. The number of nitriles is 1. The van der Waals surface area contributed by atoms with E-state index >= 15 is 0 Å². The van der Waals surface area contributed by atoms with E-state index in [1.54, 1.807) is 0 Å². The molecule has 22 heavy (non-hydrogen) atoms. The molecular formula is C16H19N3O3. The first-order chi connectivity index (χ1) is 10.4. The van der Waals surface area contributed by atoms with Crippen molar-refractivity contribution < 1.29 is 14.7 Å². The second-order valence-corrected chi connectivity index (χ2v) is 5.14. The summed E-state index contributed by atoms with van der Waals surface area (Å²) in [5.41, 5.74) is 0.522. The summed E-state index contributed by atoms with van der Waals surface area (Å²) in [5.74, 6) is -1.04. The summed E-state index contributed by atoms with van der Waals surface area (Å²) in [6.45, 7) is 4.86. The standard InChI is InChI=1S/C16H19N3O3/c1-11(2)7-8-18-10-13(9-17)15(20)19-14-5-3-12(4-6-14)16(21)22/h3-6,10-11,18H,7-8H2,1-2H3,(H,19,20)(H,21,22)/b13-10-. The highest BCUT2D eigenvalue weighted by atomic mass is 16.4. The summed E-state index contributed by atoms with van der Waals surface area (Å²) in [4.78, 5) is 22.7. The lowest BCUT2D eigenvalue weighted by molar-refractivity contribution is -0.112. The van der Waals surface area contributed by atoms with Gasteiger partial charge in [0.25, 0.3) is 5.91 Å². The summed E-state index contributed by atoms with van der Waals surface area (Å²) >= 11 is 0. The maximum absolute atomic E-state index is 11.9. The van der Waals surface area contributed by atoms with Crippen LogP contribution in [-0.4, -0.2) is 23.5 Å². The lowest BCUT2D eigenvalue weighted by Crippen LogP contribution is -2.17. The molecule has 1 aromatic rings. The zero-order valence-corrected chi connectivity index (χ0v) is 12.6. The minimum Gasteiger partial charge on any atom is -0.478 e. The van der Waals surface area contributed by atoms with Crippen molar-refractivity contribution in [1.29, 1.82) is 5.26 Å². The Labute approximate surface area is 129 Å². The second-order valence-electron chi connectivity index (χ2n) is 5.14. The van der Waals surface area contributed by atoms with Crippen LogP contribution >= 0.6 is 0 Å². The van der Waals surface area contributed by atoms with Gasteiger partial charge >= 0.3 is 5.97 Å². The van der Waals surface area contributed by atoms with Gasteiger partial charge in [-0.25, -0.2) is 4.79 Å². The number of hydrogen-bond donors (Lipinski definition) is 3. The smallest absolute Gasteiger partial charge is 0.335 e. The summed E-state index contributed by atoms with van der Waals surface area (Å²) in [6.07, 6.45) is 2.33. The predicted octanol–water partition coefficient (Wildman–Crippen LogP) is 2.37. The molecule has 0 saturated heterocycles. The second kappa shape index (κ2) is 8.47. The summed E-state index contributed by atoms with van der Waals surface area (Å²) in [7, 11) is 0. The van der Waals surface area contributed by atoms with Gasteiger partial charge in [-0.15, -0.1) is 0 Å². The number of nitrogens with zero attached hydrogens (tertiary/aromatic N) is 1. The number of nitrogens with one attached hydrogen (secondary N) is 2. The Hall–Kier alpha value is -2.81. The number of aromatic carboxylic acids is 1. The molecule has 0 aliphatic rings. The highest BCUT2D eigenvalue weighted by Gasteiger charge is 2.09. The lowest BCUT2D eigenvalue weighted by atomic mass is 10.1. The Balaban J connectivity index is 2.63. The molecule has 6 heteroatoms. The molecule has 0 saturated carbocycles. The Morgan fingerprint density at radius 2 is 1.95 bits per heavy atom. The van der Waals surface area contributed by atoms with Crippen molar-refractivity contribution in [2.45, 2.75) is 20.3 Å². The van der Waals surface area contributed by atoms with Crippen LogP contribution in [0.25, 0.3) is 0 Å². The molecule has 0 atom stereocenters. The van der Waals surface area contributed by atoms with Crippen LogP contribution in [0.3, 0.4) is 0 Å². The average Bonchev–Trinajstić information content (AvgIpc) is 2.47. The van der Waals surface area contributed by atoms with Gasteiger partial charge in [0.2, 0.25) is 0 Å². The molecule has 6 nitrogen and oxygen atoms in total. The molecule has 0 aliphatic carbocycles. The van der Waals surface area contributed by atoms with Crippen LogP contribution in [0.1, 0.15) is 30.6 Å². The SMILES string of the molecule is CC(C)CCN/C=C(/C#N)C(=O)Nc1ccc(C(=O)O)cc1. The van der Waals surface area contributed by atoms with Gasteiger partial charge < -0.3 is 15.7 Å². The van der Waals surface area contributed by atoms with E-state index in [2.05, 4.69) is 24.5 Å². The van der Waals surface area contributed by atoms with Gasteiger partial charge in [0.15, 0.2) is 0 Å². The van der Waals surface area contributed by atoms with E-state index in [1.165, 1.54) is 30.5 Å². The number of carboxylic acids is 1. The van der Waals surface area contributed by atoms with E-state index < -0.39 is 11.9 Å². The van der Waals surface area contributed by atoms with Gasteiger partial charge in [-0.3, -0.25) is 4.79 Å². The van der Waals surface area contributed by atoms with Crippen LogP contribution in [0.4, 0.5) is 5.69 Å². The molecule has 0 radical (unpaired) electrons. The van der Waals surface area contributed by atoms with Crippen molar-refractivity contribution in [2.24, 2.45) is 5.92 Å². The third kappa shape index (κ3) is 5.67. The molecule has 0 unspecified atom stereocenters. The maximum Gasteiger partial charge on any atom is 0.335 e. The van der Waals surface area contributed by atoms with E-state index in [1.807, 2.05) is 6.07 Å². The maximum atomic E-state index is 11.9. The highest BCUT2D eigenvalue weighted by Crippen LogP contribution is 2.10. The largest absolute Gasteiger partial charge is 0.478 e. The van der Waals surface area contributed by atoms with Gasteiger partial charge in [-0.2, -0.15) is 5.26 Å². The van der Waals surface area contributed by atoms with E-state index in [9.17, 15) is 9.59 Å². The number of hydrogen-bond acceptors (Lipinski definition) is 4. The quantitative estimate of drug-likeness (QED) is 0.407. The first-order valence-electron chi connectivity index (χ1n) is 6.92. The minimum absolute atomic E-state index is 0.0360. The number of anilines is 1.